The molecule has 0 aliphatic carbocycles. The van der Waals surface area contributed by atoms with Crippen LogP contribution in [-0.2, 0) is 10.0 Å². The van der Waals surface area contributed by atoms with E-state index in [1.54, 1.807) is 0 Å². The highest BCUT2D eigenvalue weighted by atomic mass is 35.5. The van der Waals surface area contributed by atoms with Gasteiger partial charge in [0.1, 0.15) is 4.90 Å². The number of rotatable bonds is 6. The molecule has 0 unspecified atom stereocenters. The van der Waals surface area contributed by atoms with E-state index in [2.05, 4.69) is 0 Å². The smallest absolute Gasteiger partial charge is 0.252 e. The van der Waals surface area contributed by atoms with Crippen molar-refractivity contribution in [2.75, 3.05) is 19.7 Å². The maximum Gasteiger partial charge on any atom is 0.252 e. The molecule has 0 amide bonds. The molecule has 19 heavy (non-hydrogen) atoms. The summed E-state index contributed by atoms with van der Waals surface area (Å²) in [5.74, 6) is 0. The molecule has 0 saturated heterocycles. The molecule has 108 valence electrons. The zero-order valence-corrected chi connectivity index (χ0v) is 11.9. The second kappa shape index (κ2) is 6.81. The van der Waals surface area contributed by atoms with Gasteiger partial charge in [0, 0.05) is 6.54 Å². The fraction of sp³-hybridized carbons (Fsp3) is 0.400. The first-order valence-corrected chi connectivity index (χ1v) is 7.33. The van der Waals surface area contributed by atoms with E-state index in [4.69, 9.17) is 28.3 Å². The van der Waals surface area contributed by atoms with Crippen molar-refractivity contribution in [2.24, 2.45) is 0 Å². The van der Waals surface area contributed by atoms with Gasteiger partial charge in [-0.05, 0) is 12.1 Å². The lowest BCUT2D eigenvalue weighted by atomic mass is 10.4. The van der Waals surface area contributed by atoms with Crippen LogP contribution in [-0.4, -0.2) is 44.0 Å². The Morgan fingerprint density at radius 1 is 1.26 bits per heavy atom. The van der Waals surface area contributed by atoms with Crippen LogP contribution in [0, 0.1) is 0 Å². The third-order valence-corrected chi connectivity index (χ3v) is 5.03. The van der Waals surface area contributed by atoms with Crippen molar-refractivity contribution >= 4 is 33.2 Å². The van der Waals surface area contributed by atoms with Crippen LogP contribution in [0.3, 0.4) is 0 Å². The van der Waals surface area contributed by atoms with Crippen LogP contribution >= 0.6 is 23.2 Å². The van der Waals surface area contributed by atoms with Crippen molar-refractivity contribution < 1.29 is 22.3 Å². The van der Waals surface area contributed by atoms with Crippen molar-refractivity contribution in [3.63, 3.8) is 0 Å². The lowest BCUT2D eigenvalue weighted by Crippen LogP contribution is -2.37. The van der Waals surface area contributed by atoms with Crippen molar-refractivity contribution in [1.82, 2.24) is 4.31 Å². The number of hydrogen-bond acceptors (Lipinski definition) is 3. The minimum Gasteiger partial charge on any atom is -0.395 e. The van der Waals surface area contributed by atoms with Gasteiger partial charge in [-0.25, -0.2) is 17.2 Å². The summed E-state index contributed by atoms with van der Waals surface area (Å²) in [7, 11) is -4.29. The number of alkyl halides is 2. The van der Waals surface area contributed by atoms with Gasteiger partial charge in [0.15, 0.2) is 0 Å². The summed E-state index contributed by atoms with van der Waals surface area (Å²) < 4.78 is 49.7. The predicted molar refractivity (Wildman–Crippen MR) is 68.3 cm³/mol. The fourth-order valence-corrected chi connectivity index (χ4v) is 3.93. The molecule has 0 atom stereocenters. The van der Waals surface area contributed by atoms with E-state index in [1.165, 1.54) is 18.2 Å². The highest BCUT2D eigenvalue weighted by molar-refractivity contribution is 7.89. The van der Waals surface area contributed by atoms with Gasteiger partial charge in [0.05, 0.1) is 23.2 Å². The molecule has 1 rings (SSSR count). The molecule has 0 aliphatic rings. The molecule has 0 aromatic heterocycles. The lowest BCUT2D eigenvalue weighted by Gasteiger charge is -2.22. The Morgan fingerprint density at radius 3 is 2.21 bits per heavy atom. The second-order valence-corrected chi connectivity index (χ2v) is 6.22. The maximum atomic E-state index is 12.4. The molecule has 0 spiro atoms. The first kappa shape index (κ1) is 16.6. The summed E-state index contributed by atoms with van der Waals surface area (Å²) in [6.45, 7) is -2.09. The number of aliphatic hydroxyl groups excluding tert-OH is 1. The molecule has 9 heteroatoms. The first-order valence-electron chi connectivity index (χ1n) is 5.14. The summed E-state index contributed by atoms with van der Waals surface area (Å²) in [6.07, 6.45) is -2.87. The molecule has 0 heterocycles. The highest BCUT2D eigenvalue weighted by Crippen LogP contribution is 2.31. The second-order valence-electron chi connectivity index (χ2n) is 3.53. The van der Waals surface area contributed by atoms with Gasteiger partial charge in [-0.2, -0.15) is 4.31 Å². The van der Waals surface area contributed by atoms with E-state index in [0.717, 1.165) is 0 Å². The zero-order valence-electron chi connectivity index (χ0n) is 9.56. The number of sulfonamides is 1. The Hall–Kier alpha value is -0.470. The monoisotopic (exact) mass is 333 g/mol. The van der Waals surface area contributed by atoms with Crippen LogP contribution in [0.4, 0.5) is 8.78 Å². The Labute approximate surface area is 119 Å². The average molecular weight is 334 g/mol. The summed E-state index contributed by atoms with van der Waals surface area (Å²) >= 11 is 11.5. The van der Waals surface area contributed by atoms with Crippen LogP contribution < -0.4 is 0 Å². The molecule has 0 fully saturated rings. The van der Waals surface area contributed by atoms with Crippen molar-refractivity contribution in [3.8, 4) is 0 Å². The van der Waals surface area contributed by atoms with Crippen molar-refractivity contribution in [3.05, 3.63) is 28.2 Å². The van der Waals surface area contributed by atoms with Crippen LogP contribution in [0.2, 0.25) is 10.0 Å². The van der Waals surface area contributed by atoms with Gasteiger partial charge in [-0.1, -0.05) is 29.3 Å². The number of benzene rings is 1. The van der Waals surface area contributed by atoms with Crippen LogP contribution in [0.15, 0.2) is 23.1 Å². The average Bonchev–Trinajstić information content (AvgIpc) is 2.27. The minimum absolute atomic E-state index is 0.162. The van der Waals surface area contributed by atoms with E-state index in [9.17, 15) is 17.2 Å². The summed E-state index contributed by atoms with van der Waals surface area (Å²) in [5, 5.41) is 8.46. The van der Waals surface area contributed by atoms with Crippen molar-refractivity contribution in [2.45, 2.75) is 11.3 Å². The van der Waals surface area contributed by atoms with Gasteiger partial charge in [-0.15, -0.1) is 0 Å². The van der Waals surface area contributed by atoms with Crippen LogP contribution in [0.1, 0.15) is 0 Å². The summed E-state index contributed by atoms with van der Waals surface area (Å²) in [5.41, 5.74) is 0. The number of hydrogen-bond donors (Lipinski definition) is 1. The molecule has 0 radical (unpaired) electrons. The Bertz CT molecular complexity index is 519. The normalized spacial score (nSPS) is 12.4. The molecular weight excluding hydrogens is 323 g/mol. The maximum absolute atomic E-state index is 12.4. The van der Waals surface area contributed by atoms with E-state index < -0.39 is 41.0 Å². The summed E-state index contributed by atoms with van der Waals surface area (Å²) in [4.78, 5) is -0.438. The molecule has 0 bridgehead atoms. The number of aliphatic hydroxyl groups is 1. The lowest BCUT2D eigenvalue weighted by molar-refractivity contribution is 0.113. The first-order chi connectivity index (χ1) is 8.80. The molecule has 1 aromatic carbocycles. The van der Waals surface area contributed by atoms with Gasteiger partial charge >= 0.3 is 0 Å². The minimum atomic E-state index is -4.29. The fourth-order valence-electron chi connectivity index (χ4n) is 1.43. The third-order valence-electron chi connectivity index (χ3n) is 2.21. The van der Waals surface area contributed by atoms with Crippen LogP contribution in [0.25, 0.3) is 0 Å². The Morgan fingerprint density at radius 2 is 1.79 bits per heavy atom. The number of nitrogens with zero attached hydrogens (tertiary/aromatic N) is 1. The Balaban J connectivity index is 3.27. The van der Waals surface area contributed by atoms with Gasteiger partial charge in [0.2, 0.25) is 10.0 Å². The largest absolute Gasteiger partial charge is 0.395 e. The van der Waals surface area contributed by atoms with Crippen molar-refractivity contribution in [1.29, 1.82) is 0 Å². The molecular formula is C10H11Cl2F2NO3S. The molecule has 0 aliphatic heterocycles. The van der Waals surface area contributed by atoms with Gasteiger partial charge in [-0.3, -0.25) is 0 Å². The highest BCUT2D eigenvalue weighted by Gasteiger charge is 2.30. The standard InChI is InChI=1S/C10H11Cl2F2NO3S/c11-7-2-1-3-8(12)10(7)19(17,18)15(4-5-16)6-9(13)14/h1-3,9,16H,4-6H2. The molecule has 1 N–H and O–H groups in total. The quantitative estimate of drug-likeness (QED) is 0.868. The van der Waals surface area contributed by atoms with E-state index in [0.29, 0.717) is 4.31 Å². The van der Waals surface area contributed by atoms with Gasteiger partial charge < -0.3 is 5.11 Å². The number of halogens is 4. The Kier molecular flexibility index (Phi) is 5.94. The molecule has 4 nitrogen and oxygen atoms in total. The van der Waals surface area contributed by atoms with E-state index >= 15 is 0 Å². The van der Waals surface area contributed by atoms with Crippen LogP contribution in [0.5, 0.6) is 0 Å². The summed E-state index contributed by atoms with van der Waals surface area (Å²) in [6, 6.07) is 4.02. The van der Waals surface area contributed by atoms with E-state index in [1.807, 2.05) is 0 Å². The molecule has 0 saturated carbocycles. The van der Waals surface area contributed by atoms with E-state index in [-0.39, 0.29) is 10.0 Å². The zero-order chi connectivity index (χ0) is 14.6. The third kappa shape index (κ3) is 4.00. The van der Waals surface area contributed by atoms with Gasteiger partial charge in [0.25, 0.3) is 6.43 Å². The SMILES string of the molecule is O=S(=O)(c1c(Cl)cccc1Cl)N(CCO)CC(F)F. The predicted octanol–water partition coefficient (Wildman–Crippen LogP) is 2.24. The molecule has 1 aromatic rings. The topological polar surface area (TPSA) is 57.6 Å².